The van der Waals surface area contributed by atoms with Crippen molar-refractivity contribution in [3.8, 4) is 16.8 Å². The first kappa shape index (κ1) is 21.5. The number of aromatic nitrogens is 6. The fourth-order valence-corrected chi connectivity index (χ4v) is 3.77. The second-order valence-corrected chi connectivity index (χ2v) is 8.25. The summed E-state index contributed by atoms with van der Waals surface area (Å²) < 4.78 is 5.32. The zero-order chi connectivity index (χ0) is 22.5. The molecule has 0 unspecified atom stereocenters. The molecular formula is C25H28N6O. The number of benzene rings is 2. The third-order valence-corrected chi connectivity index (χ3v) is 5.27. The van der Waals surface area contributed by atoms with Crippen LogP contribution in [0.3, 0.4) is 0 Å². The van der Waals surface area contributed by atoms with Gasteiger partial charge in [-0.3, -0.25) is 9.13 Å². The van der Waals surface area contributed by atoms with Crippen LogP contribution in [0.25, 0.3) is 22.9 Å². The van der Waals surface area contributed by atoms with Crippen LogP contribution in [0.5, 0.6) is 0 Å². The Balaban J connectivity index is 1.64. The van der Waals surface area contributed by atoms with Crippen LogP contribution in [0.2, 0.25) is 0 Å². The van der Waals surface area contributed by atoms with Gasteiger partial charge in [-0.05, 0) is 46.0 Å². The number of imidazole rings is 1. The van der Waals surface area contributed by atoms with E-state index in [0.29, 0.717) is 19.0 Å². The average molecular weight is 429 g/mol. The van der Waals surface area contributed by atoms with E-state index in [1.165, 1.54) is 0 Å². The van der Waals surface area contributed by atoms with Crippen molar-refractivity contribution >= 4 is 6.08 Å². The van der Waals surface area contributed by atoms with Gasteiger partial charge in [-0.15, -0.1) is 5.10 Å². The van der Waals surface area contributed by atoms with E-state index in [0.717, 1.165) is 34.5 Å². The van der Waals surface area contributed by atoms with Crippen LogP contribution >= 0.6 is 0 Å². The van der Waals surface area contributed by atoms with E-state index in [2.05, 4.69) is 72.7 Å². The summed E-state index contributed by atoms with van der Waals surface area (Å²) in [6, 6.07) is 16.3. The van der Waals surface area contributed by atoms with Crippen LogP contribution in [-0.4, -0.2) is 29.3 Å². The minimum atomic E-state index is 0.0301. The van der Waals surface area contributed by atoms with Crippen molar-refractivity contribution in [3.05, 3.63) is 88.9 Å². The van der Waals surface area contributed by atoms with Crippen molar-refractivity contribution in [1.29, 1.82) is 0 Å². The number of allylic oxidation sites excluding steroid dienone is 1. The van der Waals surface area contributed by atoms with Crippen molar-refractivity contribution in [2.24, 2.45) is 5.92 Å². The lowest BCUT2D eigenvalue weighted by atomic mass is 10.0. The monoisotopic (exact) mass is 428 g/mol. The van der Waals surface area contributed by atoms with Crippen LogP contribution in [0.15, 0.2) is 71.9 Å². The highest BCUT2D eigenvalue weighted by molar-refractivity contribution is 5.72. The molecule has 2 heterocycles. The van der Waals surface area contributed by atoms with Crippen LogP contribution < -0.4 is 5.69 Å². The van der Waals surface area contributed by atoms with Gasteiger partial charge in [0.25, 0.3) is 0 Å². The van der Waals surface area contributed by atoms with Gasteiger partial charge in [0.2, 0.25) is 0 Å². The predicted octanol–water partition coefficient (Wildman–Crippen LogP) is 4.42. The molecule has 0 spiro atoms. The van der Waals surface area contributed by atoms with E-state index >= 15 is 0 Å². The first-order valence-corrected chi connectivity index (χ1v) is 10.9. The normalized spacial score (nSPS) is 11.6. The van der Waals surface area contributed by atoms with Crippen LogP contribution in [0.4, 0.5) is 0 Å². The molecule has 0 aliphatic rings. The second kappa shape index (κ2) is 9.60. The number of rotatable bonds is 8. The Kier molecular flexibility index (Phi) is 6.44. The van der Waals surface area contributed by atoms with Gasteiger partial charge in [-0.2, -0.15) is 4.68 Å². The van der Waals surface area contributed by atoms with E-state index in [1.807, 2.05) is 39.6 Å². The molecule has 0 fully saturated rings. The van der Waals surface area contributed by atoms with E-state index < -0.39 is 0 Å². The molecule has 0 saturated carbocycles. The Morgan fingerprint density at radius 1 is 1.06 bits per heavy atom. The van der Waals surface area contributed by atoms with Gasteiger partial charge >= 0.3 is 5.69 Å². The molecular weight excluding hydrogens is 400 g/mol. The predicted molar refractivity (Wildman–Crippen MR) is 127 cm³/mol. The molecule has 164 valence electrons. The Hall–Kier alpha value is -3.74. The average Bonchev–Trinajstić information content (AvgIpc) is 3.43. The summed E-state index contributed by atoms with van der Waals surface area (Å²) in [5, 5.41) is 11.5. The van der Waals surface area contributed by atoms with Gasteiger partial charge in [0.1, 0.15) is 6.33 Å². The smallest absolute Gasteiger partial charge is 0.298 e. The van der Waals surface area contributed by atoms with Gasteiger partial charge in [0.05, 0.1) is 17.9 Å². The fourth-order valence-electron chi connectivity index (χ4n) is 3.77. The molecule has 32 heavy (non-hydrogen) atoms. The zero-order valence-electron chi connectivity index (χ0n) is 18.7. The molecule has 7 nitrogen and oxygen atoms in total. The highest BCUT2D eigenvalue weighted by Crippen LogP contribution is 2.26. The first-order valence-electron chi connectivity index (χ1n) is 10.9. The standard InChI is InChI=1S/C25H28N6O/c1-4-5-8-22-17-29(15-19(2)3)25(32)30(22)16-20-11-13-21(14-12-20)23-9-6-7-10-24(23)31-18-26-27-28-31/h5-14,17-19H,4,15-16H2,1-3H3. The van der Waals surface area contributed by atoms with E-state index in [1.54, 1.807) is 11.0 Å². The molecule has 0 saturated heterocycles. The Bertz CT molecular complexity index is 1250. The molecule has 7 heteroatoms. The molecule has 0 aliphatic heterocycles. The maximum absolute atomic E-state index is 13.0. The Labute approximate surface area is 187 Å². The number of para-hydroxylation sites is 1. The lowest BCUT2D eigenvalue weighted by Gasteiger charge is -2.10. The summed E-state index contributed by atoms with van der Waals surface area (Å²) in [4.78, 5) is 13.0. The molecule has 2 aromatic carbocycles. The molecule has 4 aromatic rings. The number of tetrazole rings is 1. The fraction of sp³-hybridized carbons (Fsp3) is 0.280. The summed E-state index contributed by atoms with van der Waals surface area (Å²) in [5.74, 6) is 0.408. The maximum atomic E-state index is 13.0. The van der Waals surface area contributed by atoms with Crippen molar-refractivity contribution in [3.63, 3.8) is 0 Å². The minimum Gasteiger partial charge on any atom is -0.298 e. The number of hydrogen-bond donors (Lipinski definition) is 0. The highest BCUT2D eigenvalue weighted by atomic mass is 16.1. The van der Waals surface area contributed by atoms with Crippen LogP contribution in [0.1, 0.15) is 38.4 Å². The third kappa shape index (κ3) is 4.61. The topological polar surface area (TPSA) is 70.5 Å². The summed E-state index contributed by atoms with van der Waals surface area (Å²) in [6.07, 6.45) is 8.61. The largest absolute Gasteiger partial charge is 0.328 e. The van der Waals surface area contributed by atoms with Gasteiger partial charge < -0.3 is 0 Å². The van der Waals surface area contributed by atoms with Gasteiger partial charge in [0, 0.05) is 18.3 Å². The summed E-state index contributed by atoms with van der Waals surface area (Å²) >= 11 is 0. The Morgan fingerprint density at radius 3 is 2.53 bits per heavy atom. The van der Waals surface area contributed by atoms with E-state index in [9.17, 15) is 4.79 Å². The number of hydrogen-bond acceptors (Lipinski definition) is 4. The summed E-state index contributed by atoms with van der Waals surface area (Å²) in [6.45, 7) is 7.58. The second-order valence-electron chi connectivity index (χ2n) is 8.25. The number of nitrogens with zero attached hydrogens (tertiary/aromatic N) is 6. The van der Waals surface area contributed by atoms with Crippen LogP contribution in [0, 0.1) is 5.92 Å². The molecule has 2 aromatic heterocycles. The van der Waals surface area contributed by atoms with Crippen LogP contribution in [-0.2, 0) is 13.1 Å². The van der Waals surface area contributed by atoms with Gasteiger partial charge in [-0.25, -0.2) is 4.79 Å². The third-order valence-electron chi connectivity index (χ3n) is 5.27. The van der Waals surface area contributed by atoms with Crippen molar-refractivity contribution < 1.29 is 0 Å². The summed E-state index contributed by atoms with van der Waals surface area (Å²) in [5.41, 5.74) is 5.06. The molecule has 0 radical (unpaired) electrons. The summed E-state index contributed by atoms with van der Waals surface area (Å²) in [7, 11) is 0. The lowest BCUT2D eigenvalue weighted by Crippen LogP contribution is -2.26. The van der Waals surface area contributed by atoms with Crippen molar-refractivity contribution in [2.45, 2.75) is 40.3 Å². The zero-order valence-corrected chi connectivity index (χ0v) is 18.7. The first-order chi connectivity index (χ1) is 15.6. The highest BCUT2D eigenvalue weighted by Gasteiger charge is 2.12. The van der Waals surface area contributed by atoms with Gasteiger partial charge in [-0.1, -0.05) is 69.3 Å². The minimum absolute atomic E-state index is 0.0301. The molecule has 0 atom stereocenters. The molecule has 0 bridgehead atoms. The molecule has 0 N–H and O–H groups in total. The van der Waals surface area contributed by atoms with E-state index in [4.69, 9.17) is 0 Å². The molecule has 0 aliphatic carbocycles. The van der Waals surface area contributed by atoms with Gasteiger partial charge in [0.15, 0.2) is 0 Å². The SMILES string of the molecule is CCC=Cc1cn(CC(C)C)c(=O)n1Cc1ccc(-c2ccccc2-n2cnnn2)cc1. The maximum Gasteiger partial charge on any atom is 0.328 e. The molecule has 4 rings (SSSR count). The van der Waals surface area contributed by atoms with E-state index in [-0.39, 0.29) is 5.69 Å². The lowest BCUT2D eigenvalue weighted by molar-refractivity contribution is 0.504. The Morgan fingerprint density at radius 2 is 1.84 bits per heavy atom. The molecule has 0 amide bonds. The van der Waals surface area contributed by atoms with Crippen molar-refractivity contribution in [2.75, 3.05) is 0 Å². The quantitative estimate of drug-likeness (QED) is 0.417. The van der Waals surface area contributed by atoms with Crippen molar-refractivity contribution in [1.82, 2.24) is 29.3 Å².